The number of ether oxygens (including phenoxy) is 1. The van der Waals surface area contributed by atoms with Crippen molar-refractivity contribution in [2.45, 2.75) is 70.9 Å². The largest absolute Gasteiger partial charge is 0.453 e. The maximum Gasteiger partial charge on any atom is 0.307 e. The van der Waals surface area contributed by atoms with Gasteiger partial charge >= 0.3 is 5.97 Å². The monoisotopic (exact) mass is 413 g/mol. The number of hydrazone groups is 1. The highest BCUT2D eigenvalue weighted by Gasteiger charge is 2.27. The second kappa shape index (κ2) is 10.4. The van der Waals surface area contributed by atoms with Crippen LogP contribution in [0.2, 0.25) is 0 Å². The minimum atomic E-state index is -0.865. The van der Waals surface area contributed by atoms with Crippen molar-refractivity contribution in [3.8, 4) is 0 Å². The summed E-state index contributed by atoms with van der Waals surface area (Å²) in [7, 11) is 0. The number of nitrogens with one attached hydrogen (secondary N) is 1. The molecule has 1 aromatic carbocycles. The molecule has 30 heavy (non-hydrogen) atoms. The van der Waals surface area contributed by atoms with Crippen LogP contribution in [-0.2, 0) is 19.1 Å². The minimum Gasteiger partial charge on any atom is -0.453 e. The topological polar surface area (TPSA) is 88.1 Å². The van der Waals surface area contributed by atoms with Crippen LogP contribution in [0.25, 0.3) is 0 Å². The van der Waals surface area contributed by atoms with E-state index in [2.05, 4.69) is 17.3 Å². The van der Waals surface area contributed by atoms with E-state index in [1.165, 1.54) is 11.4 Å². The van der Waals surface area contributed by atoms with Gasteiger partial charge in [-0.25, -0.2) is 5.01 Å². The van der Waals surface area contributed by atoms with Gasteiger partial charge in [0, 0.05) is 18.9 Å². The summed E-state index contributed by atoms with van der Waals surface area (Å²) < 4.78 is 5.23. The molecule has 1 aromatic rings. The molecule has 1 saturated carbocycles. The quantitative estimate of drug-likeness (QED) is 0.696. The van der Waals surface area contributed by atoms with Gasteiger partial charge in [0.05, 0.1) is 18.7 Å². The average molecular weight is 414 g/mol. The molecule has 3 atom stereocenters. The number of amides is 2. The number of carbonyl (C=O) groups is 3. The molecule has 0 aromatic heterocycles. The summed E-state index contributed by atoms with van der Waals surface area (Å²) in [6.45, 7) is 4.21. The van der Waals surface area contributed by atoms with Crippen molar-refractivity contribution in [2.24, 2.45) is 11.0 Å². The van der Waals surface area contributed by atoms with E-state index in [-0.39, 0.29) is 30.7 Å². The Hall–Kier alpha value is -2.70. The third-order valence-electron chi connectivity index (χ3n) is 5.86. The molecule has 2 aliphatic rings. The van der Waals surface area contributed by atoms with Gasteiger partial charge in [0.1, 0.15) is 0 Å². The summed E-state index contributed by atoms with van der Waals surface area (Å²) in [5.41, 5.74) is 1.87. The van der Waals surface area contributed by atoms with E-state index in [1.54, 1.807) is 6.92 Å². The Morgan fingerprint density at radius 3 is 2.63 bits per heavy atom. The average Bonchev–Trinajstić information content (AvgIpc) is 3.24. The zero-order chi connectivity index (χ0) is 21.5. The Morgan fingerprint density at radius 2 is 1.90 bits per heavy atom. The van der Waals surface area contributed by atoms with Crippen LogP contribution in [-0.4, -0.2) is 47.2 Å². The number of benzene rings is 1. The maximum atomic E-state index is 12.4. The van der Waals surface area contributed by atoms with Gasteiger partial charge in [-0.2, -0.15) is 5.10 Å². The molecule has 1 aliphatic carbocycles. The molecule has 2 amide bonds. The molecule has 7 heteroatoms. The van der Waals surface area contributed by atoms with E-state index in [0.717, 1.165) is 30.5 Å². The Kier molecular flexibility index (Phi) is 7.60. The molecule has 0 saturated heterocycles. The van der Waals surface area contributed by atoms with Crippen molar-refractivity contribution in [3.63, 3.8) is 0 Å². The standard InChI is InChI=1S/C23H31N3O4/c1-16-8-6-7-11-19(16)24-23(29)17(2)30-22(28)13-12-21(27)26-15-14-20(25-26)18-9-4-3-5-10-18/h3-5,9-10,16-17,19H,6-8,11-15H2,1-2H3,(H,24,29). The molecule has 1 aliphatic heterocycles. The predicted molar refractivity (Wildman–Crippen MR) is 114 cm³/mol. The first-order valence-electron chi connectivity index (χ1n) is 10.9. The van der Waals surface area contributed by atoms with Gasteiger partial charge < -0.3 is 10.1 Å². The van der Waals surface area contributed by atoms with Crippen LogP contribution >= 0.6 is 0 Å². The van der Waals surface area contributed by atoms with Crippen molar-refractivity contribution in [1.82, 2.24) is 10.3 Å². The van der Waals surface area contributed by atoms with Gasteiger partial charge in [0.15, 0.2) is 6.10 Å². The van der Waals surface area contributed by atoms with Gasteiger partial charge in [-0.3, -0.25) is 14.4 Å². The van der Waals surface area contributed by atoms with Gasteiger partial charge in [-0.15, -0.1) is 0 Å². The molecule has 0 radical (unpaired) electrons. The normalized spacial score (nSPS) is 22.2. The van der Waals surface area contributed by atoms with Crippen molar-refractivity contribution in [1.29, 1.82) is 0 Å². The van der Waals surface area contributed by atoms with Crippen LogP contribution in [0.1, 0.15) is 64.4 Å². The molecule has 1 N–H and O–H groups in total. The molecular formula is C23H31N3O4. The van der Waals surface area contributed by atoms with E-state index in [0.29, 0.717) is 18.9 Å². The van der Waals surface area contributed by atoms with E-state index in [9.17, 15) is 14.4 Å². The van der Waals surface area contributed by atoms with Crippen LogP contribution in [0, 0.1) is 5.92 Å². The van der Waals surface area contributed by atoms with Gasteiger partial charge in [0.2, 0.25) is 5.91 Å². The van der Waals surface area contributed by atoms with Crippen molar-refractivity contribution in [2.75, 3.05) is 6.54 Å². The van der Waals surface area contributed by atoms with Gasteiger partial charge in [0.25, 0.3) is 5.91 Å². The Balaban J connectivity index is 1.41. The summed E-state index contributed by atoms with van der Waals surface area (Å²) in [6.07, 6.45) is 4.14. The predicted octanol–water partition coefficient (Wildman–Crippen LogP) is 3.03. The molecule has 0 spiro atoms. The summed E-state index contributed by atoms with van der Waals surface area (Å²) >= 11 is 0. The second-order valence-electron chi connectivity index (χ2n) is 8.19. The van der Waals surface area contributed by atoms with Crippen molar-refractivity contribution in [3.05, 3.63) is 35.9 Å². The fourth-order valence-electron chi connectivity index (χ4n) is 3.95. The van der Waals surface area contributed by atoms with Crippen molar-refractivity contribution >= 4 is 23.5 Å². The number of hydrogen-bond donors (Lipinski definition) is 1. The summed E-state index contributed by atoms with van der Waals surface area (Å²) in [5, 5.41) is 8.79. The number of nitrogens with zero attached hydrogens (tertiary/aromatic N) is 2. The molecule has 3 rings (SSSR count). The highest BCUT2D eigenvalue weighted by molar-refractivity contribution is 6.02. The van der Waals surface area contributed by atoms with Crippen LogP contribution in [0.15, 0.2) is 35.4 Å². The van der Waals surface area contributed by atoms with E-state index in [1.807, 2.05) is 30.3 Å². The van der Waals surface area contributed by atoms with Crippen LogP contribution in [0.4, 0.5) is 0 Å². The lowest BCUT2D eigenvalue weighted by Gasteiger charge is -2.30. The first kappa shape index (κ1) is 22.0. The Bertz CT molecular complexity index is 793. The SMILES string of the molecule is CC(OC(=O)CCC(=O)N1CCC(c2ccccc2)=N1)C(=O)NC1CCCCC1C. The summed E-state index contributed by atoms with van der Waals surface area (Å²) in [5.74, 6) is -0.602. The van der Waals surface area contributed by atoms with Gasteiger partial charge in [-0.05, 0) is 31.2 Å². The maximum absolute atomic E-state index is 12.4. The lowest BCUT2D eigenvalue weighted by atomic mass is 9.86. The van der Waals surface area contributed by atoms with Crippen molar-refractivity contribution < 1.29 is 19.1 Å². The molecule has 7 nitrogen and oxygen atoms in total. The molecular weight excluding hydrogens is 382 g/mol. The van der Waals surface area contributed by atoms with Crippen LogP contribution < -0.4 is 5.32 Å². The highest BCUT2D eigenvalue weighted by atomic mass is 16.5. The summed E-state index contributed by atoms with van der Waals surface area (Å²) in [6, 6.07) is 9.87. The van der Waals surface area contributed by atoms with E-state index >= 15 is 0 Å². The Morgan fingerprint density at radius 1 is 1.17 bits per heavy atom. The van der Waals surface area contributed by atoms with E-state index < -0.39 is 12.1 Å². The van der Waals surface area contributed by atoms with Crippen LogP contribution in [0.3, 0.4) is 0 Å². The van der Waals surface area contributed by atoms with Gasteiger partial charge in [-0.1, -0.05) is 50.1 Å². The molecule has 1 fully saturated rings. The molecule has 3 unspecified atom stereocenters. The fourth-order valence-corrected chi connectivity index (χ4v) is 3.95. The highest BCUT2D eigenvalue weighted by Crippen LogP contribution is 2.23. The molecule has 0 bridgehead atoms. The first-order valence-corrected chi connectivity index (χ1v) is 10.9. The van der Waals surface area contributed by atoms with Crippen LogP contribution in [0.5, 0.6) is 0 Å². The van der Waals surface area contributed by atoms with E-state index in [4.69, 9.17) is 4.74 Å². The third-order valence-corrected chi connectivity index (χ3v) is 5.86. The summed E-state index contributed by atoms with van der Waals surface area (Å²) in [4.78, 5) is 36.8. The molecule has 1 heterocycles. The lowest BCUT2D eigenvalue weighted by molar-refractivity contribution is -0.156. The zero-order valence-corrected chi connectivity index (χ0v) is 17.8. The lowest BCUT2D eigenvalue weighted by Crippen LogP contribution is -2.46. The Labute approximate surface area is 177 Å². The number of hydrogen-bond acceptors (Lipinski definition) is 5. The first-order chi connectivity index (χ1) is 14.4. The molecule has 162 valence electrons. The number of carbonyl (C=O) groups excluding carboxylic acids is 3. The fraction of sp³-hybridized carbons (Fsp3) is 0.565. The smallest absolute Gasteiger partial charge is 0.307 e. The number of esters is 1. The number of rotatable bonds is 7. The zero-order valence-electron chi connectivity index (χ0n) is 17.8. The minimum absolute atomic E-state index is 0.0123. The second-order valence-corrected chi connectivity index (χ2v) is 8.19. The third kappa shape index (κ3) is 5.90.